The first-order valence-electron chi connectivity index (χ1n) is 7.06. The summed E-state index contributed by atoms with van der Waals surface area (Å²) >= 11 is 2.16. The Kier molecular flexibility index (Phi) is 5.13. The molecule has 1 aliphatic carbocycles. The summed E-state index contributed by atoms with van der Waals surface area (Å²) < 4.78 is 0. The maximum atomic E-state index is 3.47. The van der Waals surface area contributed by atoms with Crippen molar-refractivity contribution in [2.45, 2.75) is 50.8 Å². The molecule has 100 valence electrons. The van der Waals surface area contributed by atoms with Crippen LogP contribution in [0.2, 0.25) is 0 Å². The Balaban J connectivity index is 1.96. The van der Waals surface area contributed by atoms with E-state index in [4.69, 9.17) is 0 Å². The van der Waals surface area contributed by atoms with E-state index in [1.54, 1.807) is 0 Å². The smallest absolute Gasteiger partial charge is 0.0409 e. The molecule has 0 saturated heterocycles. The molecule has 1 N–H and O–H groups in total. The van der Waals surface area contributed by atoms with Gasteiger partial charge < -0.3 is 5.32 Å². The van der Waals surface area contributed by atoms with Crippen molar-refractivity contribution in [2.75, 3.05) is 12.8 Å². The average Bonchev–Trinajstić information content (AvgIpc) is 2.87. The first-order valence-corrected chi connectivity index (χ1v) is 8.11. The fourth-order valence-electron chi connectivity index (χ4n) is 2.61. The van der Waals surface area contributed by atoms with Crippen LogP contribution in [0.4, 0.5) is 0 Å². The standard InChI is InChI=1S/C16H25NS/c1-12-8-9-14(10-13(12)2)16(17-3)11-18-15-6-4-5-7-15/h8-10,15-17H,4-7,11H2,1-3H3. The highest BCUT2D eigenvalue weighted by Crippen LogP contribution is 2.32. The quantitative estimate of drug-likeness (QED) is 0.853. The van der Waals surface area contributed by atoms with Crippen LogP contribution in [-0.2, 0) is 0 Å². The molecule has 1 atom stereocenters. The molecule has 0 amide bonds. The molecule has 2 heteroatoms. The fourth-order valence-corrected chi connectivity index (χ4v) is 4.11. The highest BCUT2D eigenvalue weighted by Gasteiger charge is 2.18. The minimum Gasteiger partial charge on any atom is -0.312 e. The van der Waals surface area contributed by atoms with Crippen molar-refractivity contribution in [2.24, 2.45) is 0 Å². The lowest BCUT2D eigenvalue weighted by Gasteiger charge is -2.19. The minimum atomic E-state index is 0.495. The number of benzene rings is 1. The van der Waals surface area contributed by atoms with Crippen molar-refractivity contribution >= 4 is 11.8 Å². The number of hydrogen-bond donors (Lipinski definition) is 1. The van der Waals surface area contributed by atoms with Crippen LogP contribution < -0.4 is 5.32 Å². The van der Waals surface area contributed by atoms with Gasteiger partial charge in [0.1, 0.15) is 0 Å². The predicted molar refractivity (Wildman–Crippen MR) is 82.4 cm³/mol. The Morgan fingerprint density at radius 3 is 2.56 bits per heavy atom. The fraction of sp³-hybridized carbons (Fsp3) is 0.625. The zero-order chi connectivity index (χ0) is 13.0. The number of nitrogens with one attached hydrogen (secondary N) is 1. The van der Waals surface area contributed by atoms with Gasteiger partial charge in [0.05, 0.1) is 0 Å². The Hall–Kier alpha value is -0.470. The van der Waals surface area contributed by atoms with E-state index in [2.05, 4.69) is 56.2 Å². The van der Waals surface area contributed by atoms with Crippen molar-refractivity contribution < 1.29 is 0 Å². The highest BCUT2D eigenvalue weighted by atomic mass is 32.2. The molecular weight excluding hydrogens is 238 g/mol. The van der Waals surface area contributed by atoms with E-state index < -0.39 is 0 Å². The third-order valence-corrected chi connectivity index (χ3v) is 5.55. The van der Waals surface area contributed by atoms with Gasteiger partial charge in [0.2, 0.25) is 0 Å². The van der Waals surface area contributed by atoms with Gasteiger partial charge in [0.25, 0.3) is 0 Å². The van der Waals surface area contributed by atoms with E-state index in [9.17, 15) is 0 Å². The zero-order valence-corrected chi connectivity index (χ0v) is 12.6. The SMILES string of the molecule is CNC(CSC1CCCC1)c1ccc(C)c(C)c1. The molecule has 0 heterocycles. The first kappa shape index (κ1) is 14.0. The molecule has 1 aromatic carbocycles. The molecule has 0 aliphatic heterocycles. The van der Waals surface area contributed by atoms with E-state index in [1.807, 2.05) is 0 Å². The number of aryl methyl sites for hydroxylation is 2. The second-order valence-electron chi connectivity index (χ2n) is 5.42. The van der Waals surface area contributed by atoms with Gasteiger partial charge in [-0.25, -0.2) is 0 Å². The maximum Gasteiger partial charge on any atom is 0.0409 e. The molecule has 0 spiro atoms. The van der Waals surface area contributed by atoms with Crippen LogP contribution in [0.15, 0.2) is 18.2 Å². The Bertz CT molecular complexity index is 383. The second-order valence-corrected chi connectivity index (χ2v) is 6.76. The largest absolute Gasteiger partial charge is 0.312 e. The zero-order valence-electron chi connectivity index (χ0n) is 11.8. The van der Waals surface area contributed by atoms with E-state index in [1.165, 1.54) is 48.1 Å². The van der Waals surface area contributed by atoms with Gasteiger partial charge in [0.15, 0.2) is 0 Å². The first-order chi connectivity index (χ1) is 8.70. The summed E-state index contributed by atoms with van der Waals surface area (Å²) in [7, 11) is 2.08. The molecule has 0 bridgehead atoms. The van der Waals surface area contributed by atoms with Gasteiger partial charge in [-0.1, -0.05) is 31.0 Å². The van der Waals surface area contributed by atoms with Gasteiger partial charge in [-0.2, -0.15) is 11.8 Å². The number of hydrogen-bond acceptors (Lipinski definition) is 2. The molecule has 18 heavy (non-hydrogen) atoms. The van der Waals surface area contributed by atoms with Crippen LogP contribution in [-0.4, -0.2) is 18.1 Å². The van der Waals surface area contributed by atoms with Gasteiger partial charge in [-0.15, -0.1) is 0 Å². The lowest BCUT2D eigenvalue weighted by molar-refractivity contribution is 0.659. The molecule has 1 unspecified atom stereocenters. The van der Waals surface area contributed by atoms with Crippen molar-refractivity contribution in [1.82, 2.24) is 5.32 Å². The number of rotatable bonds is 5. The van der Waals surface area contributed by atoms with Crippen LogP contribution in [0.25, 0.3) is 0 Å². The summed E-state index contributed by atoms with van der Waals surface area (Å²) in [5, 5.41) is 4.38. The summed E-state index contributed by atoms with van der Waals surface area (Å²) in [6, 6.07) is 7.36. The van der Waals surface area contributed by atoms with E-state index >= 15 is 0 Å². The minimum absolute atomic E-state index is 0.495. The summed E-state index contributed by atoms with van der Waals surface area (Å²) in [5.41, 5.74) is 4.22. The van der Waals surface area contributed by atoms with Crippen molar-refractivity contribution in [3.8, 4) is 0 Å². The molecule has 1 fully saturated rings. The van der Waals surface area contributed by atoms with Gasteiger partial charge in [-0.3, -0.25) is 0 Å². The topological polar surface area (TPSA) is 12.0 Å². The maximum absolute atomic E-state index is 3.47. The third-order valence-electron chi connectivity index (χ3n) is 4.08. The summed E-state index contributed by atoms with van der Waals surface area (Å²) in [5.74, 6) is 1.20. The predicted octanol–water partition coefficient (Wildman–Crippen LogP) is 4.24. The summed E-state index contributed by atoms with van der Waals surface area (Å²) in [4.78, 5) is 0. The Labute approximate surface area is 116 Å². The van der Waals surface area contributed by atoms with Crippen LogP contribution in [0.3, 0.4) is 0 Å². The molecule has 1 aliphatic rings. The molecule has 2 rings (SSSR count). The van der Waals surface area contributed by atoms with Crippen LogP contribution in [0.5, 0.6) is 0 Å². The molecular formula is C16H25NS. The third kappa shape index (κ3) is 3.52. The van der Waals surface area contributed by atoms with E-state index in [0.717, 1.165) is 5.25 Å². The van der Waals surface area contributed by atoms with Gasteiger partial charge in [-0.05, 0) is 50.4 Å². The van der Waals surface area contributed by atoms with Crippen molar-refractivity contribution in [3.63, 3.8) is 0 Å². The molecule has 0 aromatic heterocycles. The molecule has 1 aromatic rings. The Morgan fingerprint density at radius 1 is 1.22 bits per heavy atom. The molecule has 0 radical (unpaired) electrons. The summed E-state index contributed by atoms with van der Waals surface area (Å²) in [6.07, 6.45) is 5.72. The normalized spacial score (nSPS) is 18.2. The average molecular weight is 263 g/mol. The van der Waals surface area contributed by atoms with Crippen molar-refractivity contribution in [1.29, 1.82) is 0 Å². The van der Waals surface area contributed by atoms with Crippen LogP contribution >= 0.6 is 11.8 Å². The number of thioether (sulfide) groups is 1. The van der Waals surface area contributed by atoms with Crippen LogP contribution in [0, 0.1) is 13.8 Å². The van der Waals surface area contributed by atoms with Gasteiger partial charge in [0, 0.05) is 17.0 Å². The van der Waals surface area contributed by atoms with E-state index in [0.29, 0.717) is 6.04 Å². The summed E-state index contributed by atoms with van der Waals surface area (Å²) in [6.45, 7) is 4.39. The van der Waals surface area contributed by atoms with Crippen molar-refractivity contribution in [3.05, 3.63) is 34.9 Å². The monoisotopic (exact) mass is 263 g/mol. The molecule has 1 saturated carbocycles. The highest BCUT2D eigenvalue weighted by molar-refractivity contribution is 7.99. The second kappa shape index (κ2) is 6.63. The molecule has 1 nitrogen and oxygen atoms in total. The van der Waals surface area contributed by atoms with E-state index in [-0.39, 0.29) is 0 Å². The Morgan fingerprint density at radius 2 is 1.94 bits per heavy atom. The van der Waals surface area contributed by atoms with Gasteiger partial charge >= 0.3 is 0 Å². The lowest BCUT2D eigenvalue weighted by Crippen LogP contribution is -2.20. The lowest BCUT2D eigenvalue weighted by atomic mass is 10.0. The van der Waals surface area contributed by atoms with Crippen LogP contribution in [0.1, 0.15) is 48.4 Å².